The minimum Gasteiger partial charge on any atom is -0.507 e. The fourth-order valence-corrected chi connectivity index (χ4v) is 14.6. The van der Waals surface area contributed by atoms with Crippen molar-refractivity contribution in [2.24, 2.45) is 40.7 Å². The van der Waals surface area contributed by atoms with E-state index < -0.39 is 123 Å². The summed E-state index contributed by atoms with van der Waals surface area (Å²) in [5, 5.41) is 58.5. The number of carbonyl (C=O) groups is 3. The summed E-state index contributed by atoms with van der Waals surface area (Å²) in [6.45, 7) is 21.8. The maximum atomic E-state index is 15.0. The number of anilines is 3. The molecule has 0 radical (unpaired) electrons. The van der Waals surface area contributed by atoms with Crippen LogP contribution in [0, 0.1) is 47.7 Å². The van der Waals surface area contributed by atoms with Crippen molar-refractivity contribution in [2.75, 3.05) is 68.0 Å². The van der Waals surface area contributed by atoms with Gasteiger partial charge in [-0.1, -0.05) is 71.4 Å². The van der Waals surface area contributed by atoms with Crippen LogP contribution >= 0.6 is 11.6 Å². The van der Waals surface area contributed by atoms with E-state index >= 15 is 4.39 Å². The Hall–Kier alpha value is -8.20. The Kier molecular flexibility index (Phi) is 19.0. The second-order valence-corrected chi connectivity index (χ2v) is 27.8. The Balaban J connectivity index is 0.000000275. The number of rotatable bonds is 8. The molecule has 1 spiro atoms. The summed E-state index contributed by atoms with van der Waals surface area (Å²) < 4.78 is 60.8. The van der Waals surface area contributed by atoms with E-state index in [1.54, 1.807) is 50.8 Å². The number of aromatic hydroxyl groups is 1. The SMILES string of the molecule is CO[C@H]1/C=C/O[C@@]2(C)Oc3c(C)c(O)c4c(=O)c(c5oc6cc(N7CCN(CC(C)C)CC7)cc(=O)c6nc5c4c3=C2O)NC(=O)/C(C)=C\C=C\[C@H](C)[C@H](O)[C@@H](C)[C@@H](O)[C@@H](C)[C@H](OC(C)=O)[C@@H]1C.N[C@@H]1CN(c2c(F)cc3c(=O)c(C(=O)O)cn([C@@H]4C[C@@H]4F)c3c2Cl)CC12CC2. The van der Waals surface area contributed by atoms with Crippen molar-refractivity contribution in [1.29, 1.82) is 0 Å². The molecule has 4 bridgehead atoms. The van der Waals surface area contributed by atoms with Gasteiger partial charge in [-0.15, -0.1) is 0 Å². The first-order valence-electron chi connectivity index (χ1n) is 32.4. The van der Waals surface area contributed by atoms with E-state index in [-0.39, 0.29) is 100 Å². The second-order valence-electron chi connectivity index (χ2n) is 27.4. The minimum atomic E-state index is -1.98. The van der Waals surface area contributed by atoms with Gasteiger partial charge in [-0.2, -0.15) is 0 Å². The van der Waals surface area contributed by atoms with Crippen LogP contribution in [0.3, 0.4) is 0 Å². The van der Waals surface area contributed by atoms with E-state index in [1.807, 2.05) is 0 Å². The number of hydrogen-bond donors (Lipinski definition) is 7. The van der Waals surface area contributed by atoms with Crippen LogP contribution in [0.1, 0.15) is 104 Å². The molecule has 2 saturated heterocycles. The maximum absolute atomic E-state index is 15.0. The fraction of sp³-hybridized carbons (Fsp3) is 0.500. The summed E-state index contributed by atoms with van der Waals surface area (Å²) >= 11 is 6.56. The first-order valence-corrected chi connectivity index (χ1v) is 32.7. The number of carbonyl (C=O) groups excluding carboxylic acids is 2. The Morgan fingerprint density at radius 3 is 2.24 bits per heavy atom. The third-order valence-corrected chi connectivity index (χ3v) is 20.5. The molecule has 2 saturated carbocycles. The maximum Gasteiger partial charge on any atom is 0.341 e. The highest BCUT2D eigenvalue weighted by Crippen LogP contribution is 2.54. The van der Waals surface area contributed by atoms with Crippen molar-refractivity contribution in [3.63, 3.8) is 0 Å². The minimum absolute atomic E-state index is 0.00645. The number of carboxylic acids is 1. The Morgan fingerprint density at radius 2 is 1.62 bits per heavy atom. The normalized spacial score (nSPS) is 28.9. The van der Waals surface area contributed by atoms with Crippen molar-refractivity contribution in [1.82, 2.24) is 14.5 Å². The number of aliphatic hydroxyl groups is 3. The van der Waals surface area contributed by atoms with Crippen LogP contribution in [0.15, 0.2) is 79.3 Å². The molecule has 26 heteroatoms. The predicted molar refractivity (Wildman–Crippen MR) is 359 cm³/mol. The number of phenols is 1. The highest BCUT2D eigenvalue weighted by atomic mass is 35.5. The topological polar surface area (TPSA) is 319 Å². The van der Waals surface area contributed by atoms with Gasteiger partial charge in [0.15, 0.2) is 22.4 Å². The molecule has 12 rings (SSSR count). The number of ether oxygens (including phenoxy) is 4. The lowest BCUT2D eigenvalue weighted by atomic mass is 9.78. The van der Waals surface area contributed by atoms with Gasteiger partial charge >= 0.3 is 17.7 Å². The van der Waals surface area contributed by atoms with Gasteiger partial charge in [-0.05, 0) is 44.7 Å². The van der Waals surface area contributed by atoms with E-state index in [2.05, 4.69) is 29.0 Å². The number of nitrogens with two attached hydrogens (primary N) is 1. The number of aromatic nitrogens is 2. The third kappa shape index (κ3) is 12.5. The molecule has 96 heavy (non-hydrogen) atoms. The molecule has 6 aromatic rings. The fourth-order valence-electron chi connectivity index (χ4n) is 14.2. The zero-order valence-electron chi connectivity index (χ0n) is 55.4. The van der Waals surface area contributed by atoms with Crippen molar-refractivity contribution in [3.05, 3.63) is 118 Å². The molecule has 6 aliphatic rings. The number of pyridine rings is 1. The van der Waals surface area contributed by atoms with Crippen LogP contribution in [0.4, 0.5) is 25.8 Å². The molecule has 514 valence electrons. The highest BCUT2D eigenvalue weighted by molar-refractivity contribution is 6.38. The molecule has 4 aliphatic heterocycles. The molecule has 1 amide bonds. The predicted octanol–water partition coefficient (Wildman–Crippen LogP) is 8.04. The summed E-state index contributed by atoms with van der Waals surface area (Å²) in [6.07, 6.45) is 5.68. The molecule has 0 unspecified atom stereocenters. The van der Waals surface area contributed by atoms with Gasteiger partial charge in [-0.25, -0.2) is 18.6 Å². The van der Waals surface area contributed by atoms with Gasteiger partial charge in [0.2, 0.25) is 16.3 Å². The van der Waals surface area contributed by atoms with Crippen LogP contribution < -0.4 is 47.1 Å². The summed E-state index contributed by atoms with van der Waals surface area (Å²) in [7, 11) is 1.45. The second kappa shape index (κ2) is 26.3. The number of amides is 1. The molecule has 4 aromatic carbocycles. The number of hydrogen-bond acceptors (Lipinski definition) is 20. The molecular weight excluding hydrogens is 1270 g/mol. The molecular formula is C70H82ClF2N7O16. The lowest BCUT2D eigenvalue weighted by molar-refractivity contribution is -0.160. The number of fused-ring (bicyclic) bond motifs is 3. The Labute approximate surface area is 556 Å². The van der Waals surface area contributed by atoms with Crippen molar-refractivity contribution in [3.8, 4) is 11.5 Å². The number of nitrogens with zero attached hydrogens (tertiary/aromatic N) is 5. The van der Waals surface area contributed by atoms with E-state index in [0.717, 1.165) is 44.7 Å². The summed E-state index contributed by atoms with van der Waals surface area (Å²) in [6, 6.07) is 3.46. The van der Waals surface area contributed by atoms with E-state index in [1.165, 1.54) is 63.9 Å². The molecule has 4 fully saturated rings. The van der Waals surface area contributed by atoms with E-state index in [0.29, 0.717) is 37.8 Å². The highest BCUT2D eigenvalue weighted by Gasteiger charge is 2.54. The average Bonchev–Trinajstić information content (AvgIpc) is 1.36. The van der Waals surface area contributed by atoms with Gasteiger partial charge in [-0.3, -0.25) is 28.9 Å². The first-order chi connectivity index (χ1) is 45.3. The Bertz CT molecular complexity index is 4510. The number of halogens is 3. The number of benzene rings is 4. The number of allylic oxidation sites excluding steroid dienone is 2. The van der Waals surface area contributed by atoms with Crippen molar-refractivity contribution < 1.29 is 72.1 Å². The molecule has 12 atom stereocenters. The van der Waals surface area contributed by atoms with Crippen LogP contribution in [0.5, 0.6) is 11.5 Å². The average molecular weight is 1350 g/mol. The monoisotopic (exact) mass is 1350 g/mol. The third-order valence-electron chi connectivity index (χ3n) is 20.2. The molecule has 2 aromatic heterocycles. The summed E-state index contributed by atoms with van der Waals surface area (Å²) in [5.41, 5.74) is 3.80. The first kappa shape index (κ1) is 69.2. The number of aromatic carboxylic acids is 1. The lowest BCUT2D eigenvalue weighted by Gasteiger charge is -2.38. The quantitative estimate of drug-likeness (QED) is 0.0430. The Morgan fingerprint density at radius 1 is 0.938 bits per heavy atom. The van der Waals surface area contributed by atoms with Gasteiger partial charge in [0.05, 0.1) is 62.8 Å². The molecule has 23 nitrogen and oxygen atoms in total. The van der Waals surface area contributed by atoms with E-state index in [4.69, 9.17) is 45.7 Å². The number of phenolic OH excluding ortho intramolecular Hbond substituents is 1. The molecule has 2 aliphatic carbocycles. The molecule has 6 heterocycles. The standard InChI is InChI=1S/C51H64N4O13.C19H18ClF2N3O3/c1-24(2)23-54-16-18-55(19-17-54)32-21-33(57)39-35(22-32)67-48-40(52-39)36-37-44(60)30(8)47-38(36)49(62)51(10,68-47)65-20-15-34(64-11)27(5)46(66-31(9)56)29(7)43(59)28(6)42(58)25(3)13-12-14-26(4)50(63)53-41(48)45(37)61;20-14-15-8(17(26)9(18(27)28)5-25(15)12-4-10(12)21)3-11(22)16(14)24-6-13(23)19(7-24)1-2-19/h12-15,20-22,24-25,27-29,34,42-43,46,58-60,62H,16-19,23H2,1-11H3,(H,53,63);3,5,10,12-13H,1-2,4,6-7,23H2,(H,27,28)/b13-12+,20-15+,26-14-;/t25-,27+,28+,29+,34-,42-,43+,46+,51-;10-,12+,13+/m00/s1. The molecule has 8 N–H and O–H groups in total. The summed E-state index contributed by atoms with van der Waals surface area (Å²) in [4.78, 5) is 90.5. The van der Waals surface area contributed by atoms with Crippen molar-refractivity contribution in [2.45, 2.75) is 137 Å². The number of piperazine rings is 1. The number of methoxy groups -OCH3 is 1. The van der Waals surface area contributed by atoms with Gasteiger partial charge < -0.3 is 74.3 Å². The lowest BCUT2D eigenvalue weighted by Crippen LogP contribution is -2.47. The van der Waals surface area contributed by atoms with Crippen LogP contribution in [-0.4, -0.2) is 153 Å². The number of carboxylic acid groups (broad SMARTS) is 1. The van der Waals surface area contributed by atoms with Gasteiger partial charge in [0.1, 0.15) is 46.4 Å². The van der Waals surface area contributed by atoms with Gasteiger partial charge in [0, 0.05) is 149 Å². The van der Waals surface area contributed by atoms with E-state index in [9.17, 15) is 58.7 Å². The number of alkyl halides is 1. The van der Waals surface area contributed by atoms with Crippen LogP contribution in [-0.2, 0) is 23.8 Å². The zero-order chi connectivity index (χ0) is 69.6. The largest absolute Gasteiger partial charge is 0.507 e. The summed E-state index contributed by atoms with van der Waals surface area (Å²) in [5.74, 6) is -8.58. The number of aliphatic hydroxyl groups excluding tert-OH is 3. The number of esters is 1. The zero-order valence-corrected chi connectivity index (χ0v) is 56.1. The smallest absolute Gasteiger partial charge is 0.341 e. The van der Waals surface area contributed by atoms with Crippen LogP contribution in [0.2, 0.25) is 5.02 Å². The van der Waals surface area contributed by atoms with Crippen molar-refractivity contribution >= 4 is 96.1 Å². The number of nitrogens with one attached hydrogen (secondary N) is 1. The van der Waals surface area contributed by atoms with Crippen LogP contribution in [0.25, 0.3) is 49.6 Å². The van der Waals surface area contributed by atoms with Gasteiger partial charge in [0.25, 0.3) is 5.91 Å².